The summed E-state index contributed by atoms with van der Waals surface area (Å²) >= 11 is 3.39. The SMILES string of the molecule is CCC1C[C@H](C(=O)NCc2cccc(Br)c2)[C@H](C(=O)O)C1. The van der Waals surface area contributed by atoms with Crippen molar-refractivity contribution >= 4 is 27.8 Å². The highest BCUT2D eigenvalue weighted by molar-refractivity contribution is 9.10. The Morgan fingerprint density at radius 1 is 1.33 bits per heavy atom. The van der Waals surface area contributed by atoms with Gasteiger partial charge in [-0.25, -0.2) is 0 Å². The first-order valence-corrected chi connectivity index (χ1v) is 8.05. The Morgan fingerprint density at radius 3 is 2.67 bits per heavy atom. The van der Waals surface area contributed by atoms with E-state index in [1.807, 2.05) is 31.2 Å². The molecule has 114 valence electrons. The summed E-state index contributed by atoms with van der Waals surface area (Å²) in [7, 11) is 0. The number of aliphatic carboxylic acids is 1. The summed E-state index contributed by atoms with van der Waals surface area (Å²) in [5.41, 5.74) is 0.995. The molecule has 0 aliphatic heterocycles. The predicted molar refractivity (Wildman–Crippen MR) is 83.6 cm³/mol. The van der Waals surface area contributed by atoms with Crippen molar-refractivity contribution < 1.29 is 14.7 Å². The van der Waals surface area contributed by atoms with Gasteiger partial charge < -0.3 is 10.4 Å². The molecule has 1 aromatic carbocycles. The van der Waals surface area contributed by atoms with Crippen LogP contribution in [0.15, 0.2) is 28.7 Å². The summed E-state index contributed by atoms with van der Waals surface area (Å²) in [6, 6.07) is 7.71. The third-order valence-electron chi connectivity index (χ3n) is 4.25. The van der Waals surface area contributed by atoms with Crippen LogP contribution in [0.3, 0.4) is 0 Å². The monoisotopic (exact) mass is 353 g/mol. The number of hydrogen-bond acceptors (Lipinski definition) is 2. The third kappa shape index (κ3) is 4.06. The minimum absolute atomic E-state index is 0.140. The largest absolute Gasteiger partial charge is 0.481 e. The lowest BCUT2D eigenvalue weighted by Crippen LogP contribution is -2.34. The number of carboxylic acid groups (broad SMARTS) is 1. The van der Waals surface area contributed by atoms with Gasteiger partial charge in [0.1, 0.15) is 0 Å². The molecule has 1 saturated carbocycles. The highest BCUT2D eigenvalue weighted by Gasteiger charge is 2.41. The van der Waals surface area contributed by atoms with Crippen molar-refractivity contribution in [1.29, 1.82) is 0 Å². The number of amides is 1. The zero-order chi connectivity index (χ0) is 15.4. The van der Waals surface area contributed by atoms with Crippen molar-refractivity contribution in [1.82, 2.24) is 5.32 Å². The molecule has 0 heterocycles. The minimum atomic E-state index is -0.853. The second-order valence-electron chi connectivity index (χ2n) is 5.64. The van der Waals surface area contributed by atoms with Crippen LogP contribution >= 0.6 is 15.9 Å². The average Bonchev–Trinajstić information content (AvgIpc) is 2.89. The fourth-order valence-corrected chi connectivity index (χ4v) is 3.45. The first kappa shape index (κ1) is 16.0. The van der Waals surface area contributed by atoms with Crippen LogP contribution in [0.5, 0.6) is 0 Å². The Bertz CT molecular complexity index is 532. The average molecular weight is 354 g/mol. The van der Waals surface area contributed by atoms with Crippen LogP contribution in [0.1, 0.15) is 31.7 Å². The molecule has 4 nitrogen and oxygen atoms in total. The van der Waals surface area contributed by atoms with Gasteiger partial charge in [0.05, 0.1) is 11.8 Å². The molecular weight excluding hydrogens is 334 g/mol. The zero-order valence-electron chi connectivity index (χ0n) is 12.0. The van der Waals surface area contributed by atoms with Crippen LogP contribution in [0.4, 0.5) is 0 Å². The van der Waals surface area contributed by atoms with E-state index in [1.165, 1.54) is 0 Å². The molecule has 1 fully saturated rings. The number of benzene rings is 1. The standard InChI is InChI=1S/C16H20BrNO3/c1-2-10-7-13(14(8-10)16(20)21)15(19)18-9-11-4-3-5-12(17)6-11/h3-6,10,13-14H,2,7-9H2,1H3,(H,18,19)(H,20,21)/t10?,13-,14+/m0/s1. The van der Waals surface area contributed by atoms with Crippen LogP contribution in [0.25, 0.3) is 0 Å². The zero-order valence-corrected chi connectivity index (χ0v) is 13.6. The summed E-state index contributed by atoms with van der Waals surface area (Å²) in [4.78, 5) is 23.6. The Kier molecular flexibility index (Phi) is 5.39. The molecule has 21 heavy (non-hydrogen) atoms. The van der Waals surface area contributed by atoms with Gasteiger partial charge in [-0.1, -0.05) is 41.4 Å². The molecule has 2 rings (SSSR count). The number of carbonyl (C=O) groups excluding carboxylic acids is 1. The molecule has 1 aliphatic rings. The van der Waals surface area contributed by atoms with Gasteiger partial charge in [-0.3, -0.25) is 9.59 Å². The lowest BCUT2D eigenvalue weighted by Gasteiger charge is -2.15. The van der Waals surface area contributed by atoms with E-state index in [2.05, 4.69) is 21.2 Å². The molecule has 5 heteroatoms. The van der Waals surface area contributed by atoms with E-state index in [0.29, 0.717) is 25.3 Å². The number of halogens is 1. The van der Waals surface area contributed by atoms with Gasteiger partial charge in [-0.05, 0) is 36.5 Å². The van der Waals surface area contributed by atoms with E-state index >= 15 is 0 Å². The number of nitrogens with one attached hydrogen (secondary N) is 1. The molecule has 0 bridgehead atoms. The van der Waals surface area contributed by atoms with E-state index in [4.69, 9.17) is 0 Å². The Balaban J connectivity index is 1.97. The molecule has 0 saturated heterocycles. The van der Waals surface area contributed by atoms with Crippen LogP contribution in [-0.2, 0) is 16.1 Å². The highest BCUT2D eigenvalue weighted by atomic mass is 79.9. The molecule has 0 spiro atoms. The summed E-state index contributed by atoms with van der Waals surface area (Å²) in [5, 5.41) is 12.2. The number of carboxylic acids is 1. The summed E-state index contributed by atoms with van der Waals surface area (Å²) < 4.78 is 0.963. The lowest BCUT2D eigenvalue weighted by atomic mass is 9.95. The molecule has 1 aromatic rings. The van der Waals surface area contributed by atoms with Crippen LogP contribution in [0, 0.1) is 17.8 Å². The molecule has 0 radical (unpaired) electrons. The second kappa shape index (κ2) is 7.07. The van der Waals surface area contributed by atoms with E-state index in [0.717, 1.165) is 16.5 Å². The maximum atomic E-state index is 12.3. The van der Waals surface area contributed by atoms with Crippen molar-refractivity contribution in [2.45, 2.75) is 32.7 Å². The van der Waals surface area contributed by atoms with E-state index in [-0.39, 0.29) is 5.91 Å². The molecule has 0 aromatic heterocycles. The summed E-state index contributed by atoms with van der Waals surface area (Å²) in [6.07, 6.45) is 2.22. The van der Waals surface area contributed by atoms with Gasteiger partial charge in [-0.2, -0.15) is 0 Å². The van der Waals surface area contributed by atoms with Gasteiger partial charge in [0, 0.05) is 11.0 Å². The third-order valence-corrected chi connectivity index (χ3v) is 4.74. The maximum Gasteiger partial charge on any atom is 0.307 e. The minimum Gasteiger partial charge on any atom is -0.481 e. The second-order valence-corrected chi connectivity index (χ2v) is 6.56. The quantitative estimate of drug-likeness (QED) is 0.853. The highest BCUT2D eigenvalue weighted by Crippen LogP contribution is 2.38. The Hall–Kier alpha value is -1.36. The molecule has 1 aliphatic carbocycles. The Labute approximate surface area is 133 Å². The van der Waals surface area contributed by atoms with Crippen LogP contribution < -0.4 is 5.32 Å². The first-order chi connectivity index (χ1) is 10.0. The van der Waals surface area contributed by atoms with Crippen molar-refractivity contribution in [2.24, 2.45) is 17.8 Å². The molecular formula is C16H20BrNO3. The topological polar surface area (TPSA) is 66.4 Å². The van der Waals surface area contributed by atoms with Gasteiger partial charge >= 0.3 is 5.97 Å². The first-order valence-electron chi connectivity index (χ1n) is 7.26. The van der Waals surface area contributed by atoms with Gasteiger partial charge in [0.15, 0.2) is 0 Å². The Morgan fingerprint density at radius 2 is 2.05 bits per heavy atom. The molecule has 1 unspecified atom stereocenters. The van der Waals surface area contributed by atoms with Crippen molar-refractivity contribution in [2.75, 3.05) is 0 Å². The van der Waals surface area contributed by atoms with Crippen molar-refractivity contribution in [3.63, 3.8) is 0 Å². The van der Waals surface area contributed by atoms with Gasteiger partial charge in [0.2, 0.25) is 5.91 Å². The maximum absolute atomic E-state index is 12.3. The number of hydrogen-bond donors (Lipinski definition) is 2. The van der Waals surface area contributed by atoms with Gasteiger partial charge in [0.25, 0.3) is 0 Å². The van der Waals surface area contributed by atoms with E-state index in [9.17, 15) is 14.7 Å². The van der Waals surface area contributed by atoms with Crippen molar-refractivity contribution in [3.05, 3.63) is 34.3 Å². The van der Waals surface area contributed by atoms with E-state index in [1.54, 1.807) is 0 Å². The fraction of sp³-hybridized carbons (Fsp3) is 0.500. The summed E-state index contributed by atoms with van der Waals surface area (Å²) in [5.74, 6) is -1.60. The fourth-order valence-electron chi connectivity index (χ4n) is 3.01. The van der Waals surface area contributed by atoms with Crippen LogP contribution in [-0.4, -0.2) is 17.0 Å². The van der Waals surface area contributed by atoms with Crippen LogP contribution in [0.2, 0.25) is 0 Å². The van der Waals surface area contributed by atoms with E-state index < -0.39 is 17.8 Å². The van der Waals surface area contributed by atoms with Gasteiger partial charge in [-0.15, -0.1) is 0 Å². The predicted octanol–water partition coefficient (Wildman–Crippen LogP) is 3.20. The lowest BCUT2D eigenvalue weighted by molar-refractivity contribution is -0.146. The molecule has 3 atom stereocenters. The molecule has 2 N–H and O–H groups in total. The normalized spacial score (nSPS) is 24.8. The molecule has 1 amide bonds. The van der Waals surface area contributed by atoms with Crippen molar-refractivity contribution in [3.8, 4) is 0 Å². The number of rotatable bonds is 5. The number of carbonyl (C=O) groups is 2. The smallest absolute Gasteiger partial charge is 0.307 e. The summed E-state index contributed by atoms with van der Waals surface area (Å²) in [6.45, 7) is 2.48.